The Balaban J connectivity index is 2.25. The van der Waals surface area contributed by atoms with Crippen LogP contribution >= 0.6 is 0 Å². The lowest BCUT2D eigenvalue weighted by atomic mass is 10.0. The molecule has 1 amide bonds. The van der Waals surface area contributed by atoms with Crippen LogP contribution in [0.15, 0.2) is 36.4 Å². The predicted molar refractivity (Wildman–Crippen MR) is 75.9 cm³/mol. The van der Waals surface area contributed by atoms with Crippen LogP contribution in [0.3, 0.4) is 0 Å². The molecule has 2 atom stereocenters. The summed E-state index contributed by atoms with van der Waals surface area (Å²) in [4.78, 5) is 12.1. The fraction of sp³-hybridized carbons (Fsp3) is 0.267. The number of benzene rings is 2. The lowest BCUT2D eigenvalue weighted by Gasteiger charge is -2.15. The van der Waals surface area contributed by atoms with Crippen LogP contribution in [0, 0.1) is 5.82 Å². The lowest BCUT2D eigenvalue weighted by molar-refractivity contribution is 0.0939. The molecule has 0 bridgehead atoms. The van der Waals surface area contributed by atoms with Crippen LogP contribution in [0.25, 0.3) is 10.8 Å². The minimum absolute atomic E-state index is 0.155. The van der Waals surface area contributed by atoms with E-state index < -0.39 is 12.1 Å². The maximum Gasteiger partial charge on any atom is 0.251 e. The van der Waals surface area contributed by atoms with Gasteiger partial charge in [-0.25, -0.2) is 4.39 Å². The Morgan fingerprint density at radius 1 is 1.30 bits per heavy atom. The molecule has 0 saturated carbocycles. The standard InChI is InChI=1S/C15H17FN2O2/c1-9(19)14(17)8-18-15(20)12-6-7-13(16)11-5-3-2-4-10(11)12/h2-7,9,14,19H,8,17H2,1H3,(H,18,20). The summed E-state index contributed by atoms with van der Waals surface area (Å²) in [5.41, 5.74) is 6.04. The van der Waals surface area contributed by atoms with Crippen molar-refractivity contribution in [3.63, 3.8) is 0 Å². The number of aliphatic hydroxyl groups is 1. The zero-order valence-electron chi connectivity index (χ0n) is 11.1. The number of fused-ring (bicyclic) bond motifs is 1. The molecule has 2 aromatic carbocycles. The van der Waals surface area contributed by atoms with E-state index in [0.717, 1.165) is 0 Å². The van der Waals surface area contributed by atoms with E-state index in [1.54, 1.807) is 31.2 Å². The molecule has 2 unspecified atom stereocenters. The van der Waals surface area contributed by atoms with Gasteiger partial charge in [-0.1, -0.05) is 24.3 Å². The molecule has 5 heteroatoms. The van der Waals surface area contributed by atoms with Crippen LogP contribution in [0.4, 0.5) is 4.39 Å². The molecule has 0 fully saturated rings. The fourth-order valence-corrected chi connectivity index (χ4v) is 1.94. The summed E-state index contributed by atoms with van der Waals surface area (Å²) in [5, 5.41) is 12.9. The Labute approximate surface area is 116 Å². The third-order valence-corrected chi connectivity index (χ3v) is 3.23. The number of aliphatic hydroxyl groups excluding tert-OH is 1. The Morgan fingerprint density at radius 2 is 1.95 bits per heavy atom. The lowest BCUT2D eigenvalue weighted by Crippen LogP contribution is -2.43. The summed E-state index contributed by atoms with van der Waals surface area (Å²) < 4.78 is 13.7. The number of rotatable bonds is 4. The summed E-state index contributed by atoms with van der Waals surface area (Å²) >= 11 is 0. The Hall–Kier alpha value is -1.98. The van der Waals surface area contributed by atoms with Crippen molar-refractivity contribution in [2.75, 3.05) is 6.54 Å². The van der Waals surface area contributed by atoms with Crippen LogP contribution in [0.1, 0.15) is 17.3 Å². The molecule has 4 N–H and O–H groups in total. The first-order valence-electron chi connectivity index (χ1n) is 6.40. The molecule has 0 radical (unpaired) electrons. The molecule has 0 spiro atoms. The molecule has 0 heterocycles. The topological polar surface area (TPSA) is 75.3 Å². The second-order valence-corrected chi connectivity index (χ2v) is 4.76. The number of carbonyl (C=O) groups excluding carboxylic acids is 1. The van der Waals surface area contributed by atoms with Gasteiger partial charge in [-0.3, -0.25) is 4.79 Å². The summed E-state index contributed by atoms with van der Waals surface area (Å²) in [6.45, 7) is 1.71. The quantitative estimate of drug-likeness (QED) is 0.790. The van der Waals surface area contributed by atoms with Gasteiger partial charge >= 0.3 is 0 Å². The van der Waals surface area contributed by atoms with Gasteiger partial charge in [0.2, 0.25) is 0 Å². The third-order valence-electron chi connectivity index (χ3n) is 3.23. The molecule has 2 rings (SSSR count). The average Bonchev–Trinajstić information content (AvgIpc) is 2.45. The van der Waals surface area contributed by atoms with Gasteiger partial charge in [-0.15, -0.1) is 0 Å². The number of nitrogens with one attached hydrogen (secondary N) is 1. The number of amides is 1. The molecular formula is C15H17FN2O2. The van der Waals surface area contributed by atoms with Crippen LogP contribution in [0.2, 0.25) is 0 Å². The van der Waals surface area contributed by atoms with Gasteiger partial charge in [0.05, 0.1) is 6.10 Å². The Kier molecular flexibility index (Phi) is 4.32. The van der Waals surface area contributed by atoms with Gasteiger partial charge < -0.3 is 16.2 Å². The fourth-order valence-electron chi connectivity index (χ4n) is 1.94. The van der Waals surface area contributed by atoms with Crippen molar-refractivity contribution < 1.29 is 14.3 Å². The first-order chi connectivity index (χ1) is 9.50. The number of halogens is 1. The maximum atomic E-state index is 13.7. The third kappa shape index (κ3) is 2.95. The van der Waals surface area contributed by atoms with E-state index in [-0.39, 0.29) is 18.3 Å². The Morgan fingerprint density at radius 3 is 2.60 bits per heavy atom. The van der Waals surface area contributed by atoms with Crippen molar-refractivity contribution in [2.45, 2.75) is 19.1 Å². The number of nitrogens with two attached hydrogens (primary N) is 1. The highest BCUT2D eigenvalue weighted by Crippen LogP contribution is 2.21. The zero-order chi connectivity index (χ0) is 14.7. The van der Waals surface area contributed by atoms with Crippen molar-refractivity contribution in [3.05, 3.63) is 47.8 Å². The van der Waals surface area contributed by atoms with Crippen LogP contribution < -0.4 is 11.1 Å². The zero-order valence-corrected chi connectivity index (χ0v) is 11.1. The van der Waals surface area contributed by atoms with E-state index in [1.165, 1.54) is 12.1 Å². The van der Waals surface area contributed by atoms with Crippen molar-refractivity contribution in [2.24, 2.45) is 5.73 Å². The van der Waals surface area contributed by atoms with E-state index in [9.17, 15) is 14.3 Å². The SMILES string of the molecule is CC(O)C(N)CNC(=O)c1ccc(F)c2ccccc12. The number of carbonyl (C=O) groups is 1. The van der Waals surface area contributed by atoms with Gasteiger partial charge in [0.1, 0.15) is 5.82 Å². The molecule has 0 aromatic heterocycles. The van der Waals surface area contributed by atoms with E-state index >= 15 is 0 Å². The smallest absolute Gasteiger partial charge is 0.251 e. The van der Waals surface area contributed by atoms with E-state index in [4.69, 9.17) is 5.73 Å². The van der Waals surface area contributed by atoms with Crippen LogP contribution in [-0.4, -0.2) is 29.7 Å². The molecule has 0 aliphatic heterocycles. The van der Waals surface area contributed by atoms with E-state index in [1.807, 2.05) is 0 Å². The molecule has 20 heavy (non-hydrogen) atoms. The minimum Gasteiger partial charge on any atom is -0.392 e. The molecule has 2 aromatic rings. The second-order valence-electron chi connectivity index (χ2n) is 4.76. The second kappa shape index (κ2) is 5.98. The highest BCUT2D eigenvalue weighted by molar-refractivity contribution is 6.07. The molecule has 0 aliphatic carbocycles. The molecule has 0 aliphatic rings. The van der Waals surface area contributed by atoms with Crippen molar-refractivity contribution in [3.8, 4) is 0 Å². The Bertz CT molecular complexity index is 628. The summed E-state index contributed by atoms with van der Waals surface area (Å²) in [5.74, 6) is -0.699. The largest absolute Gasteiger partial charge is 0.392 e. The minimum atomic E-state index is -0.708. The first kappa shape index (κ1) is 14.4. The van der Waals surface area contributed by atoms with Gasteiger partial charge in [0.25, 0.3) is 5.91 Å². The highest BCUT2D eigenvalue weighted by atomic mass is 19.1. The van der Waals surface area contributed by atoms with Crippen molar-refractivity contribution in [1.82, 2.24) is 5.32 Å². The van der Waals surface area contributed by atoms with Gasteiger partial charge in [-0.2, -0.15) is 0 Å². The van der Waals surface area contributed by atoms with Gasteiger partial charge in [0, 0.05) is 23.5 Å². The average molecular weight is 276 g/mol. The molecule has 0 saturated heterocycles. The number of hydrogen-bond acceptors (Lipinski definition) is 3. The molecular weight excluding hydrogens is 259 g/mol. The normalized spacial score (nSPS) is 14.0. The van der Waals surface area contributed by atoms with Gasteiger partial charge in [-0.05, 0) is 24.4 Å². The van der Waals surface area contributed by atoms with Crippen molar-refractivity contribution >= 4 is 16.7 Å². The summed E-state index contributed by atoms with van der Waals surface area (Å²) in [6, 6.07) is 8.97. The number of hydrogen-bond donors (Lipinski definition) is 3. The molecule has 106 valence electrons. The molecule has 4 nitrogen and oxygen atoms in total. The van der Waals surface area contributed by atoms with Crippen LogP contribution in [-0.2, 0) is 0 Å². The monoisotopic (exact) mass is 276 g/mol. The van der Waals surface area contributed by atoms with E-state index in [0.29, 0.717) is 16.3 Å². The van der Waals surface area contributed by atoms with Crippen LogP contribution in [0.5, 0.6) is 0 Å². The highest BCUT2D eigenvalue weighted by Gasteiger charge is 2.14. The van der Waals surface area contributed by atoms with Crippen molar-refractivity contribution in [1.29, 1.82) is 0 Å². The van der Waals surface area contributed by atoms with E-state index in [2.05, 4.69) is 5.32 Å². The maximum absolute atomic E-state index is 13.7. The summed E-state index contributed by atoms with van der Waals surface area (Å²) in [6.07, 6.45) is -0.708. The first-order valence-corrected chi connectivity index (χ1v) is 6.40. The predicted octanol–water partition coefficient (Wildman–Crippen LogP) is 1.42. The van der Waals surface area contributed by atoms with Gasteiger partial charge in [0.15, 0.2) is 0 Å². The summed E-state index contributed by atoms with van der Waals surface area (Å²) in [7, 11) is 0.